The molecule has 0 bridgehead atoms. The number of hydrogen-bond donors (Lipinski definition) is 2. The number of aromatic amines is 1. The number of aromatic nitrogens is 1. The van der Waals surface area contributed by atoms with Crippen molar-refractivity contribution in [2.45, 2.75) is 0 Å². The molecule has 2 heterocycles. The fourth-order valence-corrected chi connectivity index (χ4v) is 3.11. The van der Waals surface area contributed by atoms with E-state index in [2.05, 4.69) is 22.1 Å². The van der Waals surface area contributed by atoms with E-state index in [4.69, 9.17) is 9.47 Å². The predicted octanol–water partition coefficient (Wildman–Crippen LogP) is 3.92. The lowest BCUT2D eigenvalue weighted by molar-refractivity contribution is -0.110. The van der Waals surface area contributed by atoms with Crippen molar-refractivity contribution in [3.63, 3.8) is 0 Å². The van der Waals surface area contributed by atoms with Crippen molar-refractivity contribution in [1.82, 2.24) is 4.98 Å². The van der Waals surface area contributed by atoms with Gasteiger partial charge in [-0.2, -0.15) is 0 Å². The summed E-state index contributed by atoms with van der Waals surface area (Å²) >= 11 is 0. The average molecular weight is 370 g/mol. The van der Waals surface area contributed by atoms with Crippen molar-refractivity contribution < 1.29 is 14.3 Å². The normalized spacial score (nSPS) is 13.5. The number of ether oxygens (including phenoxy) is 2. The van der Waals surface area contributed by atoms with Gasteiger partial charge in [0, 0.05) is 22.9 Å². The Hall–Kier alpha value is -3.91. The lowest BCUT2D eigenvalue weighted by Gasteiger charge is -2.03. The molecule has 1 aromatic heterocycles. The minimum absolute atomic E-state index is 0.162. The molecule has 28 heavy (non-hydrogen) atoms. The van der Waals surface area contributed by atoms with Gasteiger partial charge >= 0.3 is 0 Å². The molecule has 0 spiro atoms. The number of anilines is 1. The predicted molar refractivity (Wildman–Crippen MR) is 109 cm³/mol. The first-order valence-electron chi connectivity index (χ1n) is 8.73. The lowest BCUT2D eigenvalue weighted by atomic mass is 9.99. The molecule has 1 aliphatic rings. The van der Waals surface area contributed by atoms with Crippen molar-refractivity contribution in [3.8, 4) is 23.3 Å². The Kier molecular flexibility index (Phi) is 4.61. The number of H-pyrrole nitrogens is 1. The SMILES string of the molecule is COc1ccc(C#Cc2cccc3c2C(=Cc2[nH]ccc2OC)C(=O)N3)cc1. The summed E-state index contributed by atoms with van der Waals surface area (Å²) < 4.78 is 10.5. The quantitative estimate of drug-likeness (QED) is 0.542. The maximum Gasteiger partial charge on any atom is 0.256 e. The van der Waals surface area contributed by atoms with Gasteiger partial charge in [-0.15, -0.1) is 0 Å². The molecule has 5 heteroatoms. The third-order valence-corrected chi connectivity index (χ3v) is 4.51. The van der Waals surface area contributed by atoms with Crippen LogP contribution in [-0.4, -0.2) is 25.1 Å². The minimum atomic E-state index is -0.162. The maximum atomic E-state index is 12.6. The van der Waals surface area contributed by atoms with Gasteiger partial charge in [-0.25, -0.2) is 0 Å². The number of benzene rings is 2. The highest BCUT2D eigenvalue weighted by Crippen LogP contribution is 2.36. The van der Waals surface area contributed by atoms with Crippen molar-refractivity contribution >= 4 is 23.2 Å². The Morgan fingerprint density at radius 3 is 2.54 bits per heavy atom. The number of methoxy groups -OCH3 is 2. The standard InChI is InChI=1S/C23H18N2O3/c1-27-17-10-7-15(8-11-17)6-9-16-4-3-5-19-22(16)18(23(26)25-19)14-20-21(28-2)12-13-24-20/h3-5,7-8,10-14,24H,1-2H3,(H,25,26). The van der Waals surface area contributed by atoms with Gasteiger partial charge in [-0.05, 0) is 48.5 Å². The first-order chi connectivity index (χ1) is 13.7. The monoisotopic (exact) mass is 370 g/mol. The molecular formula is C23H18N2O3. The maximum absolute atomic E-state index is 12.6. The second-order valence-electron chi connectivity index (χ2n) is 6.18. The first-order valence-corrected chi connectivity index (χ1v) is 8.73. The van der Waals surface area contributed by atoms with Crippen LogP contribution in [0.1, 0.15) is 22.4 Å². The summed E-state index contributed by atoms with van der Waals surface area (Å²) in [5, 5.41) is 2.90. The fourth-order valence-electron chi connectivity index (χ4n) is 3.11. The number of hydrogen-bond acceptors (Lipinski definition) is 3. The topological polar surface area (TPSA) is 63.4 Å². The highest BCUT2D eigenvalue weighted by molar-refractivity contribution is 6.35. The van der Waals surface area contributed by atoms with Gasteiger partial charge in [0.05, 0.1) is 31.2 Å². The van der Waals surface area contributed by atoms with E-state index >= 15 is 0 Å². The minimum Gasteiger partial charge on any atom is -0.497 e. The van der Waals surface area contributed by atoms with Crippen molar-refractivity contribution in [2.24, 2.45) is 0 Å². The molecule has 1 amide bonds. The Morgan fingerprint density at radius 1 is 0.964 bits per heavy atom. The van der Waals surface area contributed by atoms with Crippen LogP contribution in [0.5, 0.6) is 11.5 Å². The Morgan fingerprint density at radius 2 is 1.79 bits per heavy atom. The molecule has 0 aliphatic carbocycles. The molecule has 138 valence electrons. The van der Waals surface area contributed by atoms with Crippen LogP contribution >= 0.6 is 0 Å². The lowest BCUT2D eigenvalue weighted by Crippen LogP contribution is -2.03. The van der Waals surface area contributed by atoms with E-state index in [-0.39, 0.29) is 5.91 Å². The molecule has 0 saturated heterocycles. The summed E-state index contributed by atoms with van der Waals surface area (Å²) in [4.78, 5) is 15.7. The van der Waals surface area contributed by atoms with Crippen LogP contribution in [0.25, 0.3) is 11.6 Å². The number of amides is 1. The van der Waals surface area contributed by atoms with Crippen LogP contribution in [-0.2, 0) is 4.79 Å². The van der Waals surface area contributed by atoms with E-state index in [0.29, 0.717) is 11.3 Å². The zero-order valence-corrected chi connectivity index (χ0v) is 15.5. The summed E-state index contributed by atoms with van der Waals surface area (Å²) in [6, 6.07) is 15.0. The molecule has 2 N–H and O–H groups in total. The van der Waals surface area contributed by atoms with Crippen molar-refractivity contribution in [2.75, 3.05) is 19.5 Å². The van der Waals surface area contributed by atoms with Gasteiger partial charge in [0.25, 0.3) is 5.91 Å². The molecule has 0 atom stereocenters. The van der Waals surface area contributed by atoms with Crippen LogP contribution < -0.4 is 14.8 Å². The molecule has 1 aliphatic heterocycles. The number of rotatable bonds is 3. The van der Waals surface area contributed by atoms with Gasteiger partial charge in [-0.1, -0.05) is 17.9 Å². The van der Waals surface area contributed by atoms with E-state index < -0.39 is 0 Å². The van der Waals surface area contributed by atoms with Gasteiger partial charge in [0.1, 0.15) is 11.5 Å². The zero-order chi connectivity index (χ0) is 19.5. The van der Waals surface area contributed by atoms with E-state index in [9.17, 15) is 4.79 Å². The Bertz CT molecular complexity index is 1130. The third kappa shape index (κ3) is 3.24. The van der Waals surface area contributed by atoms with Crippen LogP contribution in [0.4, 0.5) is 5.69 Å². The Balaban J connectivity index is 1.76. The van der Waals surface area contributed by atoms with E-state index in [0.717, 1.165) is 33.8 Å². The van der Waals surface area contributed by atoms with Crippen LogP contribution in [0.2, 0.25) is 0 Å². The van der Waals surface area contributed by atoms with Gasteiger partial charge in [0.15, 0.2) is 0 Å². The summed E-state index contributed by atoms with van der Waals surface area (Å²) in [6.07, 6.45) is 3.56. The van der Waals surface area contributed by atoms with Crippen molar-refractivity contribution in [1.29, 1.82) is 0 Å². The van der Waals surface area contributed by atoms with E-state index in [1.807, 2.05) is 48.5 Å². The highest BCUT2D eigenvalue weighted by atomic mass is 16.5. The molecule has 4 rings (SSSR count). The molecule has 0 saturated carbocycles. The summed E-state index contributed by atoms with van der Waals surface area (Å²) in [5.74, 6) is 7.64. The zero-order valence-electron chi connectivity index (χ0n) is 15.5. The summed E-state index contributed by atoms with van der Waals surface area (Å²) in [7, 11) is 3.23. The van der Waals surface area contributed by atoms with Gasteiger partial charge < -0.3 is 19.8 Å². The van der Waals surface area contributed by atoms with Crippen molar-refractivity contribution in [3.05, 3.63) is 77.1 Å². The molecular weight excluding hydrogens is 352 g/mol. The van der Waals surface area contributed by atoms with Crippen LogP contribution in [0, 0.1) is 11.8 Å². The van der Waals surface area contributed by atoms with E-state index in [1.54, 1.807) is 26.5 Å². The smallest absolute Gasteiger partial charge is 0.256 e. The second-order valence-corrected chi connectivity index (χ2v) is 6.18. The largest absolute Gasteiger partial charge is 0.497 e. The third-order valence-electron chi connectivity index (χ3n) is 4.51. The fraction of sp³-hybridized carbons (Fsp3) is 0.0870. The molecule has 3 aromatic rings. The highest BCUT2D eigenvalue weighted by Gasteiger charge is 2.26. The molecule has 5 nitrogen and oxygen atoms in total. The second kappa shape index (κ2) is 7.37. The molecule has 0 fully saturated rings. The van der Waals surface area contributed by atoms with Crippen LogP contribution in [0.3, 0.4) is 0 Å². The number of carbonyl (C=O) groups excluding carboxylic acids is 1. The van der Waals surface area contributed by atoms with E-state index in [1.165, 1.54) is 0 Å². The van der Waals surface area contributed by atoms with Crippen LogP contribution in [0.15, 0.2) is 54.7 Å². The average Bonchev–Trinajstić information content (AvgIpc) is 3.31. The van der Waals surface area contributed by atoms with Gasteiger partial charge in [0.2, 0.25) is 0 Å². The number of carbonyl (C=O) groups is 1. The molecule has 0 unspecified atom stereocenters. The number of fused-ring (bicyclic) bond motifs is 1. The number of nitrogens with one attached hydrogen (secondary N) is 2. The molecule has 0 radical (unpaired) electrons. The molecule has 2 aromatic carbocycles. The van der Waals surface area contributed by atoms with Gasteiger partial charge in [-0.3, -0.25) is 4.79 Å². The Labute approximate surface area is 163 Å². The summed E-state index contributed by atoms with van der Waals surface area (Å²) in [6.45, 7) is 0. The summed E-state index contributed by atoms with van der Waals surface area (Å²) in [5.41, 5.74) is 4.48. The first kappa shape index (κ1) is 17.5.